The summed E-state index contributed by atoms with van der Waals surface area (Å²) in [5.41, 5.74) is -3.03. The highest BCUT2D eigenvalue weighted by Crippen LogP contribution is 2.68. The smallest absolute Gasteiger partial charge is 0.425 e. The van der Waals surface area contributed by atoms with Crippen molar-refractivity contribution in [1.29, 1.82) is 0 Å². The predicted molar refractivity (Wildman–Crippen MR) is 51.1 cm³/mol. The number of hydrogen-bond acceptors (Lipinski definition) is 2. The topological polar surface area (TPSA) is 26.3 Å². The first kappa shape index (κ1) is 6.14. The van der Waals surface area contributed by atoms with Gasteiger partial charge in [-0.1, -0.05) is 36.9 Å². The molecule has 0 bridgehead atoms. The Morgan fingerprint density at radius 3 is 2.44 bits per heavy atom. The first-order chi connectivity index (χ1) is 9.88. The minimum Gasteiger partial charge on any atom is -0.458 e. The number of carbonyl (C=O) groups excluding carboxylic acids is 1. The molecule has 1 saturated heterocycles. The maximum atomic E-state index is 13.0. The Balaban J connectivity index is 2.66. The lowest BCUT2D eigenvalue weighted by atomic mass is 10.0. The molecular formula is C9H9Cl2F3O2. The Labute approximate surface area is 110 Å². The summed E-state index contributed by atoms with van der Waals surface area (Å²) in [7, 11) is 0. The van der Waals surface area contributed by atoms with Crippen molar-refractivity contribution in [2.75, 3.05) is 0 Å². The summed E-state index contributed by atoms with van der Waals surface area (Å²) >= 11 is 10.4. The van der Waals surface area contributed by atoms with Crippen molar-refractivity contribution in [3.8, 4) is 0 Å². The zero-order valence-corrected chi connectivity index (χ0v) is 8.87. The molecule has 1 heterocycles. The van der Waals surface area contributed by atoms with E-state index in [1.54, 1.807) is 0 Å². The van der Waals surface area contributed by atoms with Crippen LogP contribution in [0.1, 0.15) is 23.3 Å². The Kier molecular flexibility index (Phi) is 1.15. The zero-order valence-electron chi connectivity index (χ0n) is 14.4. The van der Waals surface area contributed by atoms with Crippen LogP contribution in [-0.4, -0.2) is 22.6 Å². The van der Waals surface area contributed by atoms with Gasteiger partial charge in [0.15, 0.2) is 0 Å². The summed E-state index contributed by atoms with van der Waals surface area (Å²) in [6.45, 7) is -6.87. The Hall–Kier alpha value is -0.160. The Morgan fingerprint density at radius 1 is 1.50 bits per heavy atom. The molecule has 2 aliphatic rings. The Morgan fingerprint density at radius 2 is 2.06 bits per heavy atom. The molecule has 2 fully saturated rings. The summed E-state index contributed by atoms with van der Waals surface area (Å²) in [6.07, 6.45) is -8.07. The number of halogens is 5. The summed E-state index contributed by atoms with van der Waals surface area (Å²) in [6, 6.07) is 0. The third-order valence-electron chi connectivity index (χ3n) is 2.58. The standard InChI is InChI=1S/C9H9Cl2F3O2/c1-7(2)3-4(7)6(15)16-5(3)8(10,11)9(12,13)14/h3-5H,1-2H3/i1D3,2D3,3D. The van der Waals surface area contributed by atoms with Crippen LogP contribution in [0.5, 0.6) is 0 Å². The molecule has 7 heteroatoms. The summed E-state index contributed by atoms with van der Waals surface area (Å²) < 4.78 is 92.0. The number of alkyl halides is 5. The van der Waals surface area contributed by atoms with Gasteiger partial charge >= 0.3 is 12.1 Å². The molecule has 0 spiro atoms. The highest BCUT2D eigenvalue weighted by atomic mass is 35.5. The zero-order chi connectivity index (χ0) is 18.4. The van der Waals surface area contributed by atoms with Crippen LogP contribution < -0.4 is 0 Å². The molecule has 92 valence electrons. The first-order valence-electron chi connectivity index (χ1n) is 7.53. The average Bonchev–Trinajstić information content (AvgIpc) is 2.76. The second-order valence-electron chi connectivity index (χ2n) is 3.63. The molecule has 3 unspecified atom stereocenters. The number of cyclic esters (lactones) is 1. The van der Waals surface area contributed by atoms with Crippen LogP contribution in [0.25, 0.3) is 0 Å². The van der Waals surface area contributed by atoms with Crippen LogP contribution >= 0.6 is 23.2 Å². The summed E-state index contributed by atoms with van der Waals surface area (Å²) in [4.78, 5) is 11.8. The van der Waals surface area contributed by atoms with Gasteiger partial charge < -0.3 is 4.74 Å². The van der Waals surface area contributed by atoms with E-state index in [1.807, 2.05) is 0 Å². The van der Waals surface area contributed by atoms with E-state index < -0.39 is 53.5 Å². The van der Waals surface area contributed by atoms with Crippen molar-refractivity contribution in [2.45, 2.75) is 30.3 Å². The molecule has 0 aromatic carbocycles. The van der Waals surface area contributed by atoms with Crippen LogP contribution in [0, 0.1) is 17.2 Å². The van der Waals surface area contributed by atoms with E-state index >= 15 is 0 Å². The third-order valence-corrected chi connectivity index (χ3v) is 3.40. The number of hydrogen-bond donors (Lipinski definition) is 0. The van der Waals surface area contributed by atoms with E-state index in [0.717, 1.165) is 0 Å². The van der Waals surface area contributed by atoms with Crippen molar-refractivity contribution in [1.82, 2.24) is 0 Å². The summed E-state index contributed by atoms with van der Waals surface area (Å²) in [5.74, 6) is -6.62. The van der Waals surface area contributed by atoms with E-state index in [4.69, 9.17) is 32.8 Å². The van der Waals surface area contributed by atoms with Crippen molar-refractivity contribution in [3.63, 3.8) is 0 Å². The second kappa shape index (κ2) is 2.99. The fourth-order valence-electron chi connectivity index (χ4n) is 1.68. The molecule has 0 aromatic heterocycles. The minimum absolute atomic E-state index is 1.55. The van der Waals surface area contributed by atoms with Gasteiger partial charge in [0.1, 0.15) is 6.10 Å². The molecule has 1 aliphatic heterocycles. The van der Waals surface area contributed by atoms with E-state index in [1.165, 1.54) is 0 Å². The van der Waals surface area contributed by atoms with Crippen LogP contribution in [0.4, 0.5) is 13.2 Å². The minimum atomic E-state index is -5.39. The molecule has 0 radical (unpaired) electrons. The van der Waals surface area contributed by atoms with E-state index in [-0.39, 0.29) is 0 Å². The van der Waals surface area contributed by atoms with Gasteiger partial charge in [0.05, 0.1) is 5.92 Å². The predicted octanol–water partition coefficient (Wildman–Crippen LogP) is 2.92. The lowest BCUT2D eigenvalue weighted by Crippen LogP contribution is -2.47. The molecule has 2 nitrogen and oxygen atoms in total. The fourth-order valence-corrected chi connectivity index (χ4v) is 2.00. The maximum Gasteiger partial charge on any atom is 0.425 e. The van der Waals surface area contributed by atoms with Gasteiger partial charge in [-0.3, -0.25) is 4.79 Å². The molecule has 1 aliphatic carbocycles. The highest BCUT2D eigenvalue weighted by Gasteiger charge is 2.78. The van der Waals surface area contributed by atoms with Crippen LogP contribution in [0.2, 0.25) is 0 Å². The lowest BCUT2D eigenvalue weighted by molar-refractivity contribution is -0.176. The maximum absolute atomic E-state index is 13.0. The molecule has 0 amide bonds. The monoisotopic (exact) mass is 283 g/mol. The molecule has 0 aromatic rings. The number of fused-ring (bicyclic) bond motifs is 1. The molecule has 2 rings (SSSR count). The SMILES string of the molecule is [2H]C([2H])([2H])C1(C([2H])([2H])[2H])C2C(=O)OC(C(Cl)(Cl)C(F)(F)F)C21[2H]. The van der Waals surface area contributed by atoms with E-state index in [0.29, 0.717) is 0 Å². The molecule has 3 atom stereocenters. The number of carbonyl (C=O) groups is 1. The number of rotatable bonds is 1. The van der Waals surface area contributed by atoms with E-state index in [9.17, 15) is 18.0 Å². The van der Waals surface area contributed by atoms with Crippen molar-refractivity contribution in [2.24, 2.45) is 17.2 Å². The van der Waals surface area contributed by atoms with E-state index in [2.05, 4.69) is 4.74 Å². The van der Waals surface area contributed by atoms with Gasteiger partial charge in [-0.15, -0.1) is 0 Å². The van der Waals surface area contributed by atoms with Crippen LogP contribution in [-0.2, 0) is 9.53 Å². The van der Waals surface area contributed by atoms with Crippen molar-refractivity contribution < 1.29 is 32.3 Å². The van der Waals surface area contributed by atoms with Gasteiger partial charge in [-0.05, 0) is 5.41 Å². The quantitative estimate of drug-likeness (QED) is 0.546. The lowest BCUT2D eigenvalue weighted by Gasteiger charge is -2.30. The van der Waals surface area contributed by atoms with Crippen LogP contribution in [0.3, 0.4) is 0 Å². The second-order valence-corrected chi connectivity index (χ2v) is 5.02. The van der Waals surface area contributed by atoms with Crippen molar-refractivity contribution >= 4 is 29.2 Å². The molecule has 0 N–H and O–H groups in total. The number of esters is 1. The Bertz CT molecular complexity index is 545. The van der Waals surface area contributed by atoms with Crippen molar-refractivity contribution in [3.05, 3.63) is 0 Å². The van der Waals surface area contributed by atoms with Crippen LogP contribution in [0.15, 0.2) is 0 Å². The fraction of sp³-hybridized carbons (Fsp3) is 0.889. The third kappa shape index (κ3) is 1.37. The molecule has 16 heavy (non-hydrogen) atoms. The number of ether oxygens (including phenoxy) is 1. The van der Waals surface area contributed by atoms with Gasteiger partial charge in [-0.25, -0.2) is 0 Å². The van der Waals surface area contributed by atoms with Gasteiger partial charge in [0.2, 0.25) is 4.33 Å². The molecular weight excluding hydrogens is 268 g/mol. The molecule has 1 saturated carbocycles. The van der Waals surface area contributed by atoms with Gasteiger partial charge in [0, 0.05) is 15.5 Å². The first-order valence-corrected chi connectivity index (χ1v) is 4.79. The highest BCUT2D eigenvalue weighted by molar-refractivity contribution is 6.49. The van der Waals surface area contributed by atoms with Gasteiger partial charge in [-0.2, -0.15) is 13.2 Å². The average molecular weight is 284 g/mol. The normalized spacial score (nSPS) is 49.6. The summed E-state index contributed by atoms with van der Waals surface area (Å²) in [5, 5.41) is 0. The van der Waals surface area contributed by atoms with Gasteiger partial charge in [0.25, 0.3) is 0 Å². The largest absolute Gasteiger partial charge is 0.458 e.